The van der Waals surface area contributed by atoms with Gasteiger partial charge in [-0.25, -0.2) is 0 Å². The molecule has 0 atom stereocenters. The van der Waals surface area contributed by atoms with E-state index in [-0.39, 0.29) is 0 Å². The molecule has 10 aromatic rings. The summed E-state index contributed by atoms with van der Waals surface area (Å²) in [5.41, 5.74) is 10.9. The minimum atomic E-state index is 1.05. The van der Waals surface area contributed by atoms with Crippen LogP contribution in [0.3, 0.4) is 0 Å². The summed E-state index contributed by atoms with van der Waals surface area (Å²) in [5, 5.41) is 11.1. The van der Waals surface area contributed by atoms with Crippen LogP contribution in [0.4, 0.5) is 0 Å². The fourth-order valence-corrected chi connectivity index (χ4v) is 7.93. The highest BCUT2D eigenvalue weighted by Gasteiger charge is 2.17. The first-order chi connectivity index (χ1) is 24.8. The van der Waals surface area contributed by atoms with Crippen molar-refractivity contribution in [2.45, 2.75) is 0 Å². The first-order valence-electron chi connectivity index (χ1n) is 17.2. The predicted octanol–water partition coefficient (Wildman–Crippen LogP) is 13.5. The van der Waals surface area contributed by atoms with Crippen LogP contribution in [0.25, 0.3) is 98.5 Å². The van der Waals surface area contributed by atoms with Crippen LogP contribution in [-0.2, 0) is 0 Å². The standard InChI is InChI=1S/C49H31N/c1-3-12-32(13-4-1)47-41-18-9-10-19-42(41)48(33-14-5-2-6-15-33)46-30-37(25-26-43(46)47)35-21-22-36-29-39(24-23-34(36)28-35)45-31-38-16-7-8-17-40(38)49-44(45)20-11-27-50-49/h1-31H. The van der Waals surface area contributed by atoms with Crippen LogP contribution < -0.4 is 0 Å². The van der Waals surface area contributed by atoms with Crippen molar-refractivity contribution < 1.29 is 0 Å². The van der Waals surface area contributed by atoms with E-state index < -0.39 is 0 Å². The number of hydrogen-bond donors (Lipinski definition) is 0. The molecule has 0 saturated heterocycles. The minimum Gasteiger partial charge on any atom is -0.256 e. The molecule has 0 spiro atoms. The molecule has 0 fully saturated rings. The Morgan fingerprint density at radius 1 is 0.280 bits per heavy atom. The topological polar surface area (TPSA) is 12.9 Å². The van der Waals surface area contributed by atoms with Gasteiger partial charge in [-0.05, 0) is 113 Å². The summed E-state index contributed by atoms with van der Waals surface area (Å²) in [6.07, 6.45) is 1.89. The van der Waals surface area contributed by atoms with Crippen molar-refractivity contribution in [3.05, 3.63) is 188 Å². The summed E-state index contributed by atoms with van der Waals surface area (Å²) in [4.78, 5) is 4.79. The van der Waals surface area contributed by atoms with Crippen LogP contribution in [0, 0.1) is 0 Å². The van der Waals surface area contributed by atoms with Crippen LogP contribution in [0.15, 0.2) is 188 Å². The van der Waals surface area contributed by atoms with E-state index in [1.54, 1.807) is 0 Å². The summed E-state index contributed by atoms with van der Waals surface area (Å²) in [7, 11) is 0. The summed E-state index contributed by atoms with van der Waals surface area (Å²) in [5.74, 6) is 0. The SMILES string of the molecule is c1ccc(-c2c3ccccc3c(-c3ccccc3)c3cc(-c4ccc5cc(-c6cc7ccccc7c7ncccc67)ccc5c4)ccc23)cc1. The Balaban J connectivity index is 1.15. The van der Waals surface area contributed by atoms with Crippen LogP contribution in [-0.4, -0.2) is 4.98 Å². The Hall–Kier alpha value is -6.57. The second kappa shape index (κ2) is 11.5. The highest BCUT2D eigenvalue weighted by atomic mass is 14.6. The number of benzene rings is 9. The Labute approximate surface area is 290 Å². The second-order valence-corrected chi connectivity index (χ2v) is 13.1. The summed E-state index contributed by atoms with van der Waals surface area (Å²) in [6, 6.07) is 66.3. The zero-order chi connectivity index (χ0) is 33.0. The lowest BCUT2D eigenvalue weighted by Crippen LogP contribution is -1.91. The maximum absolute atomic E-state index is 4.79. The van der Waals surface area contributed by atoms with E-state index >= 15 is 0 Å². The molecule has 1 heteroatoms. The average Bonchev–Trinajstić information content (AvgIpc) is 3.19. The van der Waals surface area contributed by atoms with E-state index in [0.717, 1.165) is 5.52 Å². The Morgan fingerprint density at radius 2 is 0.800 bits per heavy atom. The quantitative estimate of drug-likeness (QED) is 0.139. The summed E-state index contributed by atoms with van der Waals surface area (Å²) >= 11 is 0. The highest BCUT2D eigenvalue weighted by molar-refractivity contribution is 6.22. The minimum absolute atomic E-state index is 1.05. The van der Waals surface area contributed by atoms with E-state index in [9.17, 15) is 0 Å². The van der Waals surface area contributed by atoms with Gasteiger partial charge in [-0.3, -0.25) is 4.98 Å². The molecule has 50 heavy (non-hydrogen) atoms. The molecule has 0 unspecified atom stereocenters. The predicted molar refractivity (Wildman–Crippen MR) is 214 cm³/mol. The van der Waals surface area contributed by atoms with Crippen molar-refractivity contribution in [3.8, 4) is 44.5 Å². The molecule has 0 N–H and O–H groups in total. The lowest BCUT2D eigenvalue weighted by molar-refractivity contribution is 1.43. The molecule has 0 saturated carbocycles. The number of hydrogen-bond acceptors (Lipinski definition) is 1. The largest absolute Gasteiger partial charge is 0.256 e. The smallest absolute Gasteiger partial charge is 0.0786 e. The first-order valence-corrected chi connectivity index (χ1v) is 17.2. The maximum atomic E-state index is 4.79. The fourth-order valence-electron chi connectivity index (χ4n) is 7.93. The average molecular weight is 634 g/mol. The van der Waals surface area contributed by atoms with Gasteiger partial charge in [-0.2, -0.15) is 0 Å². The summed E-state index contributed by atoms with van der Waals surface area (Å²) < 4.78 is 0. The zero-order valence-electron chi connectivity index (χ0n) is 27.3. The molecule has 1 heterocycles. The molecule has 232 valence electrons. The van der Waals surface area contributed by atoms with Gasteiger partial charge in [-0.15, -0.1) is 0 Å². The summed E-state index contributed by atoms with van der Waals surface area (Å²) in [6.45, 7) is 0. The van der Waals surface area contributed by atoms with Gasteiger partial charge >= 0.3 is 0 Å². The first kappa shape index (κ1) is 28.4. The van der Waals surface area contributed by atoms with Crippen molar-refractivity contribution in [1.82, 2.24) is 4.98 Å². The number of fused-ring (bicyclic) bond motifs is 6. The Kier molecular flexibility index (Phi) is 6.57. The maximum Gasteiger partial charge on any atom is 0.0786 e. The molecule has 0 amide bonds. The third-order valence-corrected chi connectivity index (χ3v) is 10.2. The van der Waals surface area contributed by atoms with Crippen molar-refractivity contribution in [2.24, 2.45) is 0 Å². The van der Waals surface area contributed by atoms with E-state index in [1.807, 2.05) is 12.3 Å². The third-order valence-electron chi connectivity index (χ3n) is 10.2. The molecule has 0 aliphatic rings. The van der Waals surface area contributed by atoms with Crippen molar-refractivity contribution in [3.63, 3.8) is 0 Å². The van der Waals surface area contributed by atoms with Gasteiger partial charge < -0.3 is 0 Å². The van der Waals surface area contributed by atoms with Gasteiger partial charge in [0.2, 0.25) is 0 Å². The van der Waals surface area contributed by atoms with Gasteiger partial charge in [0.05, 0.1) is 5.52 Å². The number of aromatic nitrogens is 1. The number of pyridine rings is 1. The second-order valence-electron chi connectivity index (χ2n) is 13.1. The monoisotopic (exact) mass is 633 g/mol. The van der Waals surface area contributed by atoms with Gasteiger partial charge in [-0.1, -0.05) is 152 Å². The Bertz CT molecular complexity index is 2910. The van der Waals surface area contributed by atoms with Crippen LogP contribution in [0.5, 0.6) is 0 Å². The lowest BCUT2D eigenvalue weighted by atomic mass is 9.85. The lowest BCUT2D eigenvalue weighted by Gasteiger charge is -2.19. The Morgan fingerprint density at radius 3 is 1.52 bits per heavy atom. The number of nitrogens with zero attached hydrogens (tertiary/aromatic N) is 1. The molecule has 10 rings (SSSR count). The zero-order valence-corrected chi connectivity index (χ0v) is 27.3. The van der Waals surface area contributed by atoms with E-state index in [2.05, 4.69) is 176 Å². The molecule has 0 aliphatic carbocycles. The molecule has 1 nitrogen and oxygen atoms in total. The van der Waals surface area contributed by atoms with Crippen LogP contribution in [0.1, 0.15) is 0 Å². The van der Waals surface area contributed by atoms with Crippen molar-refractivity contribution in [1.29, 1.82) is 0 Å². The normalized spacial score (nSPS) is 11.6. The van der Waals surface area contributed by atoms with E-state index in [0.29, 0.717) is 0 Å². The van der Waals surface area contributed by atoms with Gasteiger partial charge in [0.1, 0.15) is 0 Å². The van der Waals surface area contributed by atoms with Gasteiger partial charge in [0.25, 0.3) is 0 Å². The van der Waals surface area contributed by atoms with Crippen LogP contribution >= 0.6 is 0 Å². The molecule has 0 bridgehead atoms. The molecular formula is C49H31N. The molecule has 1 aromatic heterocycles. The highest BCUT2D eigenvalue weighted by Crippen LogP contribution is 2.45. The number of rotatable bonds is 4. The van der Waals surface area contributed by atoms with E-state index in [1.165, 1.54) is 93.0 Å². The van der Waals surface area contributed by atoms with Crippen molar-refractivity contribution in [2.75, 3.05) is 0 Å². The van der Waals surface area contributed by atoms with Gasteiger partial charge in [0, 0.05) is 17.0 Å². The molecule has 0 radical (unpaired) electrons. The molecular weight excluding hydrogens is 603 g/mol. The molecule has 0 aliphatic heterocycles. The van der Waals surface area contributed by atoms with Crippen molar-refractivity contribution >= 4 is 54.0 Å². The fraction of sp³-hybridized carbons (Fsp3) is 0. The third kappa shape index (κ3) is 4.59. The van der Waals surface area contributed by atoms with E-state index in [4.69, 9.17) is 4.98 Å². The molecule has 9 aromatic carbocycles. The van der Waals surface area contributed by atoms with Gasteiger partial charge in [0.15, 0.2) is 0 Å². The van der Waals surface area contributed by atoms with Crippen LogP contribution in [0.2, 0.25) is 0 Å².